The van der Waals surface area contributed by atoms with E-state index < -0.39 is 23.1 Å². The Bertz CT molecular complexity index is 1520. The molecule has 0 saturated carbocycles. The quantitative estimate of drug-likeness (QED) is 0.416. The minimum Gasteiger partial charge on any atom is -0.335 e. The zero-order chi connectivity index (χ0) is 21.7. The molecule has 31 heavy (non-hydrogen) atoms. The van der Waals surface area contributed by atoms with Crippen LogP contribution in [-0.4, -0.2) is 19.7 Å². The summed E-state index contributed by atoms with van der Waals surface area (Å²) >= 11 is 0. The summed E-state index contributed by atoms with van der Waals surface area (Å²) in [6.45, 7) is 0. The molecule has 154 valence electrons. The van der Waals surface area contributed by atoms with Crippen LogP contribution in [0.25, 0.3) is 32.8 Å². The number of rotatable bonds is 3. The van der Waals surface area contributed by atoms with Crippen LogP contribution < -0.4 is 10.9 Å². The van der Waals surface area contributed by atoms with Crippen molar-refractivity contribution in [3.8, 4) is 11.1 Å². The molecule has 5 rings (SSSR count). The van der Waals surface area contributed by atoms with Gasteiger partial charge in [0.1, 0.15) is 17.3 Å². The van der Waals surface area contributed by atoms with Gasteiger partial charge >= 0.3 is 0 Å². The minimum absolute atomic E-state index is 0.0761. The summed E-state index contributed by atoms with van der Waals surface area (Å²) < 4.78 is 43.3. The Labute approximate surface area is 173 Å². The van der Waals surface area contributed by atoms with E-state index in [-0.39, 0.29) is 11.4 Å². The van der Waals surface area contributed by atoms with Crippen molar-refractivity contribution < 1.29 is 13.2 Å². The lowest BCUT2D eigenvalue weighted by Gasteiger charge is -2.13. The van der Waals surface area contributed by atoms with Crippen molar-refractivity contribution in [1.82, 2.24) is 19.7 Å². The lowest BCUT2D eigenvalue weighted by atomic mass is 10.0. The number of pyridine rings is 2. The third kappa shape index (κ3) is 3.20. The lowest BCUT2D eigenvalue weighted by Crippen LogP contribution is -2.08. The smallest absolute Gasteiger partial charge is 0.256 e. The molecular formula is C22H14F3N5O. The number of nitrogens with zero attached hydrogens (tertiary/aromatic N) is 3. The van der Waals surface area contributed by atoms with Gasteiger partial charge in [0.15, 0.2) is 11.6 Å². The number of aromatic nitrogens is 4. The van der Waals surface area contributed by atoms with Gasteiger partial charge in [-0.3, -0.25) is 9.48 Å². The van der Waals surface area contributed by atoms with E-state index in [1.807, 2.05) is 18.3 Å². The highest BCUT2D eigenvalue weighted by atomic mass is 19.1. The third-order valence-corrected chi connectivity index (χ3v) is 5.00. The first kappa shape index (κ1) is 18.9. The summed E-state index contributed by atoms with van der Waals surface area (Å²) in [7, 11) is 1.80. The molecule has 0 aliphatic rings. The van der Waals surface area contributed by atoms with Gasteiger partial charge < -0.3 is 10.3 Å². The number of anilines is 2. The highest BCUT2D eigenvalue weighted by Gasteiger charge is 2.17. The van der Waals surface area contributed by atoms with Crippen LogP contribution in [0.3, 0.4) is 0 Å². The molecule has 0 spiro atoms. The van der Waals surface area contributed by atoms with Crippen molar-refractivity contribution >= 4 is 33.2 Å². The topological polar surface area (TPSA) is 75.6 Å². The highest BCUT2D eigenvalue weighted by Crippen LogP contribution is 2.33. The van der Waals surface area contributed by atoms with E-state index in [4.69, 9.17) is 0 Å². The van der Waals surface area contributed by atoms with Gasteiger partial charge in [-0.1, -0.05) is 6.07 Å². The summed E-state index contributed by atoms with van der Waals surface area (Å²) in [5.74, 6) is -3.17. The number of halogens is 3. The summed E-state index contributed by atoms with van der Waals surface area (Å²) in [5.41, 5.74) is 1.21. The zero-order valence-electron chi connectivity index (χ0n) is 16.1. The van der Waals surface area contributed by atoms with E-state index >= 15 is 0 Å². The van der Waals surface area contributed by atoms with Crippen molar-refractivity contribution in [2.24, 2.45) is 7.05 Å². The molecule has 0 bridgehead atoms. The summed E-state index contributed by atoms with van der Waals surface area (Å²) in [5, 5.41) is 7.99. The van der Waals surface area contributed by atoms with Gasteiger partial charge in [0, 0.05) is 47.9 Å². The Morgan fingerprint density at radius 1 is 1.00 bits per heavy atom. The molecule has 0 radical (unpaired) electrons. The number of hydrogen-bond donors (Lipinski definition) is 2. The molecule has 6 nitrogen and oxygen atoms in total. The molecule has 0 saturated heterocycles. The van der Waals surface area contributed by atoms with Gasteiger partial charge in [-0.15, -0.1) is 0 Å². The molecule has 5 aromatic rings. The maximum atomic E-state index is 14.2. The average molecular weight is 421 g/mol. The first-order chi connectivity index (χ1) is 14.9. The minimum atomic E-state index is -1.11. The summed E-state index contributed by atoms with van der Waals surface area (Å²) in [4.78, 5) is 19.8. The normalized spacial score (nSPS) is 11.4. The molecule has 3 aromatic heterocycles. The van der Waals surface area contributed by atoms with Crippen molar-refractivity contribution in [1.29, 1.82) is 0 Å². The van der Waals surface area contributed by atoms with E-state index in [0.717, 1.165) is 11.1 Å². The molecule has 2 aromatic carbocycles. The van der Waals surface area contributed by atoms with Gasteiger partial charge in [0.2, 0.25) is 0 Å². The molecule has 0 fully saturated rings. The number of hydrogen-bond acceptors (Lipinski definition) is 4. The molecular weight excluding hydrogens is 407 g/mol. The first-order valence-electron chi connectivity index (χ1n) is 9.26. The van der Waals surface area contributed by atoms with Crippen LogP contribution in [-0.2, 0) is 7.05 Å². The van der Waals surface area contributed by atoms with E-state index in [9.17, 15) is 18.0 Å². The SMILES string of the molecule is Cn1cc(-c2ccc3nc(Nc4c(F)cc(F)cc4F)c4cc[nH]c(=O)c4c3c2)cn1. The average Bonchev–Trinajstić information content (AvgIpc) is 3.16. The molecule has 0 aliphatic carbocycles. The second kappa shape index (κ2) is 6.98. The second-order valence-corrected chi connectivity index (χ2v) is 7.06. The third-order valence-electron chi connectivity index (χ3n) is 5.00. The van der Waals surface area contributed by atoms with Crippen LogP contribution in [0, 0.1) is 17.5 Å². The van der Waals surface area contributed by atoms with E-state index in [0.29, 0.717) is 33.8 Å². The maximum Gasteiger partial charge on any atom is 0.256 e. The van der Waals surface area contributed by atoms with E-state index in [1.54, 1.807) is 30.1 Å². The van der Waals surface area contributed by atoms with Crippen molar-refractivity contribution in [2.45, 2.75) is 0 Å². The Morgan fingerprint density at radius 2 is 1.77 bits per heavy atom. The fourth-order valence-electron chi connectivity index (χ4n) is 3.58. The monoisotopic (exact) mass is 421 g/mol. The molecule has 0 aliphatic heterocycles. The van der Waals surface area contributed by atoms with Gasteiger partial charge in [-0.25, -0.2) is 18.2 Å². The van der Waals surface area contributed by atoms with Gasteiger partial charge in [-0.2, -0.15) is 5.10 Å². The molecule has 3 heterocycles. The number of H-pyrrole nitrogens is 1. The summed E-state index contributed by atoms with van der Waals surface area (Å²) in [6.07, 6.45) is 4.97. The Balaban J connectivity index is 1.75. The molecule has 0 unspecified atom stereocenters. The Hall–Kier alpha value is -4.14. The number of nitrogens with one attached hydrogen (secondary N) is 2. The predicted molar refractivity (Wildman–Crippen MR) is 112 cm³/mol. The van der Waals surface area contributed by atoms with Crippen LogP contribution in [0.2, 0.25) is 0 Å². The largest absolute Gasteiger partial charge is 0.335 e. The van der Waals surface area contributed by atoms with Gasteiger partial charge in [0.25, 0.3) is 5.56 Å². The fraction of sp³-hybridized carbons (Fsp3) is 0.0455. The molecule has 0 amide bonds. The van der Waals surface area contributed by atoms with Crippen LogP contribution >= 0.6 is 0 Å². The lowest BCUT2D eigenvalue weighted by molar-refractivity contribution is 0.549. The standard InChI is InChI=1S/C22H14F3N5O/c1-30-10-12(9-27-30)11-2-3-18-15(6-11)19-14(4-5-26-22(19)31)21(28-18)29-20-16(24)7-13(23)8-17(20)25/h2-10H,1H3,(H,26,31)(H,28,29). The maximum absolute atomic E-state index is 14.2. The van der Waals surface area contributed by atoms with Crippen LogP contribution in [0.1, 0.15) is 0 Å². The fourth-order valence-corrected chi connectivity index (χ4v) is 3.58. The van der Waals surface area contributed by atoms with Crippen LogP contribution in [0.5, 0.6) is 0 Å². The molecule has 2 N–H and O–H groups in total. The first-order valence-corrected chi connectivity index (χ1v) is 9.26. The second-order valence-electron chi connectivity index (χ2n) is 7.06. The van der Waals surface area contributed by atoms with Crippen molar-refractivity contribution in [2.75, 3.05) is 5.32 Å². The highest BCUT2D eigenvalue weighted by molar-refractivity contribution is 6.11. The van der Waals surface area contributed by atoms with Crippen molar-refractivity contribution in [3.63, 3.8) is 0 Å². The van der Waals surface area contributed by atoms with Crippen LogP contribution in [0.4, 0.5) is 24.7 Å². The number of aromatic amines is 1. The number of fused-ring (bicyclic) bond motifs is 3. The van der Waals surface area contributed by atoms with Gasteiger partial charge in [0.05, 0.1) is 17.1 Å². The molecule has 9 heteroatoms. The van der Waals surface area contributed by atoms with Crippen LogP contribution in [0.15, 0.2) is 59.8 Å². The van der Waals surface area contributed by atoms with Crippen molar-refractivity contribution in [3.05, 3.63) is 82.8 Å². The summed E-state index contributed by atoms with van der Waals surface area (Å²) in [6, 6.07) is 8.08. The number of benzene rings is 2. The predicted octanol–water partition coefficient (Wildman–Crippen LogP) is 4.64. The number of aryl methyl sites for hydroxylation is 1. The van der Waals surface area contributed by atoms with E-state index in [2.05, 4.69) is 20.4 Å². The Kier molecular flexibility index (Phi) is 4.25. The Morgan fingerprint density at radius 3 is 2.48 bits per heavy atom. The van der Waals surface area contributed by atoms with Gasteiger partial charge in [-0.05, 0) is 23.8 Å². The molecule has 0 atom stereocenters. The zero-order valence-corrected chi connectivity index (χ0v) is 16.1. The van der Waals surface area contributed by atoms with E-state index in [1.165, 1.54) is 6.20 Å².